The van der Waals surface area contributed by atoms with Gasteiger partial charge in [0.1, 0.15) is 11.4 Å². The van der Waals surface area contributed by atoms with Gasteiger partial charge in [-0.3, -0.25) is 9.78 Å². The van der Waals surface area contributed by atoms with Gasteiger partial charge in [-0.1, -0.05) is 54.6 Å². The summed E-state index contributed by atoms with van der Waals surface area (Å²) in [5, 5.41) is 25.6. The Balaban J connectivity index is 0.000000270. The van der Waals surface area contributed by atoms with Gasteiger partial charge in [0.15, 0.2) is 5.69 Å². The van der Waals surface area contributed by atoms with Gasteiger partial charge in [0.05, 0.1) is 37.7 Å². The van der Waals surface area contributed by atoms with Gasteiger partial charge in [0.25, 0.3) is 5.97 Å². The first-order valence-electron chi connectivity index (χ1n) is 20.1. The molecule has 0 aliphatic heterocycles. The van der Waals surface area contributed by atoms with Crippen molar-refractivity contribution >= 4 is 29.6 Å². The van der Waals surface area contributed by atoms with Crippen LogP contribution in [0.4, 0.5) is 5.69 Å². The van der Waals surface area contributed by atoms with Crippen molar-refractivity contribution in [2.24, 2.45) is 0 Å². The van der Waals surface area contributed by atoms with E-state index in [1.165, 1.54) is 38.7 Å². The van der Waals surface area contributed by atoms with Crippen molar-refractivity contribution in [1.82, 2.24) is 24.9 Å². The van der Waals surface area contributed by atoms with E-state index in [0.717, 1.165) is 39.2 Å². The van der Waals surface area contributed by atoms with E-state index in [2.05, 4.69) is 54.0 Å². The Labute approximate surface area is 430 Å². The predicted octanol–water partition coefficient (Wildman–Crippen LogP) is 9.99. The molecule has 0 unspecified atom stereocenters. The van der Waals surface area contributed by atoms with Crippen molar-refractivity contribution in [3.63, 3.8) is 0 Å². The van der Waals surface area contributed by atoms with Crippen molar-refractivity contribution in [2.45, 2.75) is 13.8 Å². The molecule has 0 fully saturated rings. The molecule has 2 N–H and O–H groups in total. The first-order chi connectivity index (χ1) is 32.8. The Morgan fingerprint density at radius 1 is 0.629 bits per heavy atom. The van der Waals surface area contributed by atoms with Gasteiger partial charge >= 0.3 is 17.9 Å². The number of nitriles is 1. The number of aryl methyl sites for hydroxylation is 2. The average Bonchev–Trinajstić information content (AvgIpc) is 3.39. The van der Waals surface area contributed by atoms with Crippen LogP contribution in [-0.2, 0) is 49.7 Å². The molecule has 4 aromatic heterocycles. The van der Waals surface area contributed by atoms with Crippen LogP contribution in [0.3, 0.4) is 0 Å². The van der Waals surface area contributed by atoms with Crippen molar-refractivity contribution in [2.75, 3.05) is 14.2 Å². The number of aromatic nitrogens is 5. The molecule has 0 saturated heterocycles. The van der Waals surface area contributed by atoms with Gasteiger partial charge in [0.2, 0.25) is 0 Å². The van der Waals surface area contributed by atoms with Gasteiger partial charge in [0, 0.05) is 76.8 Å². The number of ether oxygens (including phenoxy) is 2. The van der Waals surface area contributed by atoms with Crippen molar-refractivity contribution < 1.29 is 79.1 Å². The van der Waals surface area contributed by atoms with Gasteiger partial charge in [-0.15, -0.1) is 59.7 Å². The fraction of sp³-hybridized carbons (Fsp3) is 0.0755. The number of hydrogen-bond acceptors (Lipinski definition) is 12. The van der Waals surface area contributed by atoms with Crippen LogP contribution in [0, 0.1) is 43.9 Å². The molecule has 4 aromatic carbocycles. The van der Waals surface area contributed by atoms with Crippen molar-refractivity contribution in [3.05, 3.63) is 215 Å². The topological polar surface area (TPSA) is 220 Å². The molecule has 0 aliphatic rings. The van der Waals surface area contributed by atoms with Gasteiger partial charge < -0.3 is 29.7 Å². The normalized spacial score (nSPS) is 9.51. The molecule has 0 amide bonds. The number of benzene rings is 4. The van der Waals surface area contributed by atoms with Crippen LogP contribution in [0.2, 0.25) is 0 Å². The van der Waals surface area contributed by atoms with Crippen LogP contribution in [0.25, 0.3) is 49.7 Å². The first kappa shape index (κ1) is 55.9. The number of aromatic carboxylic acids is 2. The van der Waals surface area contributed by atoms with E-state index in [1.807, 2.05) is 38.2 Å². The molecule has 4 heterocycles. The minimum atomic E-state index is -0.990. The van der Waals surface area contributed by atoms with Crippen LogP contribution < -0.4 is 0 Å². The summed E-state index contributed by atoms with van der Waals surface area (Å²) in [5.74, 6) is -2.80. The SMILES string of the molecule is COC(=O)c1c[c-]c(-c2ncc(C)nc2-c2ccc(C(=O)OC)cc2)cc1.O=C(O)c1ccccn1.O=C(O)c1ccccn1.[C-]#[N+]c1ccc(-c2cc(C)cnc2-c2[c-]cc(C#N)cc2)cc1.[Ir].[Ir]. The van der Waals surface area contributed by atoms with E-state index < -0.39 is 23.9 Å². The molecule has 8 rings (SSSR count). The Hall–Kier alpha value is -8.43. The minimum Gasteiger partial charge on any atom is -0.477 e. The molecule has 0 atom stereocenters. The smallest absolute Gasteiger partial charge is 0.354 e. The van der Waals surface area contributed by atoms with Crippen LogP contribution in [-0.4, -0.2) is 73.2 Å². The van der Waals surface area contributed by atoms with Gasteiger partial charge in [-0.2, -0.15) is 0 Å². The van der Waals surface area contributed by atoms with Crippen LogP contribution in [0.1, 0.15) is 58.5 Å². The number of pyridine rings is 3. The number of carbonyl (C=O) groups excluding carboxylic acids is 2. The molecule has 0 bridgehead atoms. The van der Waals surface area contributed by atoms with Crippen molar-refractivity contribution in [1.29, 1.82) is 5.26 Å². The summed E-state index contributed by atoms with van der Waals surface area (Å²) in [6.07, 6.45) is 6.38. The molecule has 8 aromatic rings. The Morgan fingerprint density at radius 3 is 1.63 bits per heavy atom. The molecule has 0 aliphatic carbocycles. The second-order valence-corrected chi connectivity index (χ2v) is 14.0. The summed E-state index contributed by atoms with van der Waals surface area (Å²) in [5.41, 5.74) is 10.5. The van der Waals surface area contributed by atoms with Crippen LogP contribution in [0.15, 0.2) is 152 Å². The summed E-state index contributed by atoms with van der Waals surface area (Å²) in [6.45, 7) is 10.9. The molecule has 354 valence electrons. The number of esters is 2. The third-order valence-corrected chi connectivity index (χ3v) is 9.26. The Morgan fingerprint density at radius 2 is 1.16 bits per heavy atom. The number of rotatable bonds is 8. The summed E-state index contributed by atoms with van der Waals surface area (Å²) in [7, 11) is 2.67. The summed E-state index contributed by atoms with van der Waals surface area (Å²) < 4.78 is 9.43. The van der Waals surface area contributed by atoms with E-state index in [9.17, 15) is 19.2 Å². The predicted molar refractivity (Wildman–Crippen MR) is 251 cm³/mol. The molecule has 0 saturated carbocycles. The maximum absolute atomic E-state index is 11.6. The number of carbonyl (C=O) groups is 4. The van der Waals surface area contributed by atoms with Crippen LogP contribution in [0.5, 0.6) is 0 Å². The summed E-state index contributed by atoms with van der Waals surface area (Å²) in [4.78, 5) is 67.7. The first-order valence-corrected chi connectivity index (χ1v) is 20.1. The van der Waals surface area contributed by atoms with E-state index in [-0.39, 0.29) is 51.6 Å². The molecule has 70 heavy (non-hydrogen) atoms. The molecule has 17 heteroatoms. The van der Waals surface area contributed by atoms with Crippen LogP contribution >= 0.6 is 0 Å². The van der Waals surface area contributed by atoms with E-state index in [0.29, 0.717) is 39.3 Å². The number of hydrogen-bond donors (Lipinski definition) is 2. The number of methoxy groups -OCH3 is 2. The van der Waals surface area contributed by atoms with E-state index in [4.69, 9.17) is 31.5 Å². The maximum Gasteiger partial charge on any atom is 0.354 e. The summed E-state index contributed by atoms with van der Waals surface area (Å²) in [6, 6.07) is 44.5. The molecule has 2 radical (unpaired) electrons. The molecular weight excluding hydrogens is 1250 g/mol. The van der Waals surface area contributed by atoms with Gasteiger partial charge in [-0.05, 0) is 89.3 Å². The van der Waals surface area contributed by atoms with Gasteiger partial charge in [-0.25, -0.2) is 34.5 Å². The fourth-order valence-electron chi connectivity index (χ4n) is 5.91. The molecule has 15 nitrogen and oxygen atoms in total. The maximum atomic E-state index is 11.6. The largest absolute Gasteiger partial charge is 0.477 e. The minimum absolute atomic E-state index is 0. The second kappa shape index (κ2) is 28.0. The zero-order valence-electron chi connectivity index (χ0n) is 37.6. The Bertz CT molecular complexity index is 3050. The van der Waals surface area contributed by atoms with E-state index in [1.54, 1.807) is 97.2 Å². The monoisotopic (exact) mass is 1290 g/mol. The molecular formula is C53H39Ir2N7O8-2. The zero-order chi connectivity index (χ0) is 49.0. The number of nitrogens with zero attached hydrogens (tertiary/aromatic N) is 7. The third-order valence-electron chi connectivity index (χ3n) is 9.26. The zero-order valence-corrected chi connectivity index (χ0v) is 42.4. The fourth-order valence-corrected chi connectivity index (χ4v) is 5.91. The average molecular weight is 1290 g/mol. The quantitative estimate of drug-likeness (QED) is 0.107. The Kier molecular flexibility index (Phi) is 22.4. The molecule has 0 spiro atoms. The standard InChI is InChI=1S/C21H17N2O4.C20H12N3.2C6H5NO2.2Ir/c1-13-12-22-18(14-4-8-16(9-5-14)20(24)26-2)19(23-13)15-6-10-17(11-7-15)21(25)27-3;1-14-11-19(16-7-9-18(22-2)10-8-16)20(23-13-14)17-5-3-15(12-21)4-6-17;2*8-6(9)5-3-1-2-4-7-5;;/h4,6-12H,1-3H3;3-5,7-11,13H,1H3;2*1-4H,(H,8,9);;/q2*-1;;;;. The van der Waals surface area contributed by atoms with E-state index >= 15 is 0 Å². The number of carboxylic acids is 2. The second-order valence-electron chi connectivity index (χ2n) is 14.0. The summed E-state index contributed by atoms with van der Waals surface area (Å²) >= 11 is 0. The van der Waals surface area contributed by atoms with Crippen molar-refractivity contribution in [3.8, 4) is 51.0 Å². The third kappa shape index (κ3) is 15.8. The number of carboxylic acid groups (broad SMARTS) is 2.